The standard InChI is InChI=1S/C18H24N2O3S/c1-15-4-2-3-5-16(15)6-7-18(21)20-11-9-19(10-12-20)17-8-13-24(22,23)14-17/h2-7,17H,8-14H2,1H3/p+1/b7-6+/t17-/m0/s1. The highest BCUT2D eigenvalue weighted by atomic mass is 32.2. The fourth-order valence-electron chi connectivity index (χ4n) is 3.58. The van der Waals surface area contributed by atoms with Crippen LogP contribution < -0.4 is 4.90 Å². The Morgan fingerprint density at radius 1 is 1.25 bits per heavy atom. The highest BCUT2D eigenvalue weighted by Gasteiger charge is 2.37. The molecule has 0 unspecified atom stereocenters. The van der Waals surface area contributed by atoms with Gasteiger partial charge in [-0.1, -0.05) is 24.3 Å². The minimum absolute atomic E-state index is 0.0383. The van der Waals surface area contributed by atoms with E-state index in [-0.39, 0.29) is 11.9 Å². The van der Waals surface area contributed by atoms with Crippen molar-refractivity contribution < 1.29 is 18.1 Å². The summed E-state index contributed by atoms with van der Waals surface area (Å²) in [5.74, 6) is 0.670. The summed E-state index contributed by atoms with van der Waals surface area (Å²) in [6, 6.07) is 8.20. The maximum atomic E-state index is 12.3. The lowest BCUT2D eigenvalue weighted by molar-refractivity contribution is -0.925. The van der Waals surface area contributed by atoms with Crippen molar-refractivity contribution in [3.63, 3.8) is 0 Å². The lowest BCUT2D eigenvalue weighted by Gasteiger charge is -2.34. The van der Waals surface area contributed by atoms with Gasteiger partial charge in [-0.05, 0) is 24.1 Å². The van der Waals surface area contributed by atoms with Gasteiger partial charge in [-0.2, -0.15) is 0 Å². The summed E-state index contributed by atoms with van der Waals surface area (Å²) in [5.41, 5.74) is 2.21. The predicted molar refractivity (Wildman–Crippen MR) is 94.5 cm³/mol. The van der Waals surface area contributed by atoms with Crippen LogP contribution in [0.1, 0.15) is 17.5 Å². The van der Waals surface area contributed by atoms with Crippen LogP contribution in [0.5, 0.6) is 0 Å². The van der Waals surface area contributed by atoms with Gasteiger partial charge in [0.1, 0.15) is 11.8 Å². The number of carbonyl (C=O) groups is 1. The first-order valence-electron chi connectivity index (χ1n) is 8.52. The van der Waals surface area contributed by atoms with Gasteiger partial charge in [0.15, 0.2) is 9.84 Å². The van der Waals surface area contributed by atoms with Crippen molar-refractivity contribution in [1.82, 2.24) is 4.90 Å². The summed E-state index contributed by atoms with van der Waals surface area (Å²) in [5, 5.41) is 0. The molecule has 0 aliphatic carbocycles. The van der Waals surface area contributed by atoms with E-state index in [1.165, 1.54) is 4.90 Å². The van der Waals surface area contributed by atoms with E-state index < -0.39 is 9.84 Å². The van der Waals surface area contributed by atoms with Crippen LogP contribution in [0.25, 0.3) is 6.08 Å². The molecule has 0 aromatic heterocycles. The Kier molecular flexibility index (Phi) is 5.06. The normalized spacial score (nSPS) is 24.5. The summed E-state index contributed by atoms with van der Waals surface area (Å²) in [6.45, 7) is 5.10. The molecule has 2 heterocycles. The first-order chi connectivity index (χ1) is 11.4. The van der Waals surface area contributed by atoms with Gasteiger partial charge >= 0.3 is 0 Å². The van der Waals surface area contributed by atoms with Crippen LogP contribution in [-0.4, -0.2) is 63.0 Å². The topological polar surface area (TPSA) is 58.9 Å². The van der Waals surface area contributed by atoms with Gasteiger partial charge in [0.05, 0.1) is 31.9 Å². The number of sulfone groups is 1. The third kappa shape index (κ3) is 4.05. The fraction of sp³-hybridized carbons (Fsp3) is 0.500. The number of quaternary nitrogens is 1. The number of benzene rings is 1. The van der Waals surface area contributed by atoms with E-state index in [1.54, 1.807) is 6.08 Å². The second-order valence-corrected chi connectivity index (χ2v) is 9.00. The lowest BCUT2D eigenvalue weighted by atomic mass is 10.1. The number of aryl methyl sites for hydroxylation is 1. The van der Waals surface area contributed by atoms with Gasteiger partial charge in [0.25, 0.3) is 0 Å². The van der Waals surface area contributed by atoms with Crippen LogP contribution in [0.4, 0.5) is 0 Å². The number of hydrogen-bond acceptors (Lipinski definition) is 3. The number of carbonyl (C=O) groups excluding carboxylic acids is 1. The largest absolute Gasteiger partial charge is 0.329 e. The molecule has 0 spiro atoms. The smallest absolute Gasteiger partial charge is 0.246 e. The molecular formula is C18H25N2O3S+. The van der Waals surface area contributed by atoms with Crippen molar-refractivity contribution in [2.75, 3.05) is 37.7 Å². The number of nitrogens with zero attached hydrogens (tertiary/aromatic N) is 1. The zero-order valence-corrected chi connectivity index (χ0v) is 14.9. The van der Waals surface area contributed by atoms with Crippen LogP contribution in [0.2, 0.25) is 0 Å². The molecule has 2 aliphatic rings. The maximum absolute atomic E-state index is 12.3. The Balaban J connectivity index is 1.53. The summed E-state index contributed by atoms with van der Waals surface area (Å²) >= 11 is 0. The highest BCUT2D eigenvalue weighted by Crippen LogP contribution is 2.11. The molecular weight excluding hydrogens is 324 g/mol. The summed E-state index contributed by atoms with van der Waals surface area (Å²) < 4.78 is 23.2. The first kappa shape index (κ1) is 17.2. The van der Waals surface area contributed by atoms with Crippen molar-refractivity contribution >= 4 is 21.8 Å². The Hall–Kier alpha value is -1.66. The zero-order valence-electron chi connectivity index (χ0n) is 14.1. The van der Waals surface area contributed by atoms with E-state index in [0.717, 1.165) is 30.6 Å². The van der Waals surface area contributed by atoms with Gasteiger partial charge in [-0.3, -0.25) is 4.79 Å². The number of hydrogen-bond donors (Lipinski definition) is 1. The molecule has 1 aromatic rings. The molecule has 130 valence electrons. The number of amides is 1. The third-order valence-corrected chi connectivity index (χ3v) is 6.89. The fourth-order valence-corrected chi connectivity index (χ4v) is 5.41. The van der Waals surface area contributed by atoms with E-state index in [4.69, 9.17) is 0 Å². The second-order valence-electron chi connectivity index (χ2n) is 6.77. The Morgan fingerprint density at radius 2 is 1.96 bits per heavy atom. The number of piperazine rings is 1. The summed E-state index contributed by atoms with van der Waals surface area (Å²) in [6.07, 6.45) is 4.28. The zero-order chi connectivity index (χ0) is 17.2. The molecule has 0 radical (unpaired) electrons. The van der Waals surface area contributed by atoms with E-state index in [1.807, 2.05) is 42.2 Å². The molecule has 24 heavy (non-hydrogen) atoms. The minimum Gasteiger partial charge on any atom is -0.329 e. The van der Waals surface area contributed by atoms with E-state index in [0.29, 0.717) is 24.6 Å². The monoisotopic (exact) mass is 349 g/mol. The molecule has 2 fully saturated rings. The van der Waals surface area contributed by atoms with Gasteiger partial charge < -0.3 is 9.80 Å². The van der Waals surface area contributed by atoms with Crippen LogP contribution >= 0.6 is 0 Å². The number of nitrogens with one attached hydrogen (secondary N) is 1. The van der Waals surface area contributed by atoms with Crippen LogP contribution in [-0.2, 0) is 14.6 Å². The van der Waals surface area contributed by atoms with Gasteiger partial charge in [0.2, 0.25) is 5.91 Å². The Bertz CT molecular complexity index is 734. The van der Waals surface area contributed by atoms with Crippen LogP contribution in [0.3, 0.4) is 0 Å². The lowest BCUT2D eigenvalue weighted by Crippen LogP contribution is -3.18. The molecule has 3 rings (SSSR count). The summed E-state index contributed by atoms with van der Waals surface area (Å²) in [7, 11) is -2.83. The van der Waals surface area contributed by atoms with Gasteiger partial charge in [0, 0.05) is 12.5 Å². The SMILES string of the molecule is Cc1ccccc1/C=C/C(=O)N1CC[NH+]([C@H]2CCS(=O)(=O)C2)CC1. The quantitative estimate of drug-likeness (QED) is 0.777. The van der Waals surface area contributed by atoms with Crippen molar-refractivity contribution in [3.05, 3.63) is 41.5 Å². The van der Waals surface area contributed by atoms with E-state index >= 15 is 0 Å². The molecule has 1 N–H and O–H groups in total. The maximum Gasteiger partial charge on any atom is 0.246 e. The average Bonchev–Trinajstić information content (AvgIpc) is 2.94. The molecule has 0 bridgehead atoms. The Labute approximate surface area is 143 Å². The van der Waals surface area contributed by atoms with Crippen LogP contribution in [0.15, 0.2) is 30.3 Å². The van der Waals surface area contributed by atoms with E-state index in [2.05, 4.69) is 0 Å². The van der Waals surface area contributed by atoms with E-state index in [9.17, 15) is 13.2 Å². The predicted octanol–water partition coefficient (Wildman–Crippen LogP) is -0.0776. The van der Waals surface area contributed by atoms with Crippen molar-refractivity contribution in [2.45, 2.75) is 19.4 Å². The highest BCUT2D eigenvalue weighted by molar-refractivity contribution is 7.91. The second kappa shape index (κ2) is 7.07. The van der Waals surface area contributed by atoms with Gasteiger partial charge in [-0.25, -0.2) is 8.42 Å². The molecule has 2 aliphatic heterocycles. The molecule has 0 saturated carbocycles. The molecule has 2 saturated heterocycles. The molecule has 5 nitrogen and oxygen atoms in total. The van der Waals surface area contributed by atoms with Crippen LogP contribution in [0, 0.1) is 6.92 Å². The van der Waals surface area contributed by atoms with Crippen molar-refractivity contribution in [2.24, 2.45) is 0 Å². The molecule has 1 aromatic carbocycles. The summed E-state index contributed by atoms with van der Waals surface area (Å²) in [4.78, 5) is 15.5. The third-order valence-electron chi connectivity index (χ3n) is 5.12. The Morgan fingerprint density at radius 3 is 2.58 bits per heavy atom. The van der Waals surface area contributed by atoms with Crippen molar-refractivity contribution in [3.8, 4) is 0 Å². The average molecular weight is 349 g/mol. The van der Waals surface area contributed by atoms with Crippen molar-refractivity contribution in [1.29, 1.82) is 0 Å². The minimum atomic E-state index is -2.83. The van der Waals surface area contributed by atoms with Gasteiger partial charge in [-0.15, -0.1) is 0 Å². The number of rotatable bonds is 3. The molecule has 6 heteroatoms. The molecule has 1 amide bonds. The molecule has 1 atom stereocenters. The first-order valence-corrected chi connectivity index (χ1v) is 10.3.